The van der Waals surface area contributed by atoms with E-state index in [-0.39, 0.29) is 29.2 Å². The zero-order valence-electron chi connectivity index (χ0n) is 18.0. The summed E-state index contributed by atoms with van der Waals surface area (Å²) < 4.78 is 6.85. The molecule has 7 heteroatoms. The molecule has 0 saturated carbocycles. The number of nitrogens with one attached hydrogen (secondary N) is 1. The summed E-state index contributed by atoms with van der Waals surface area (Å²) in [4.78, 5) is 27.8. The van der Waals surface area contributed by atoms with Gasteiger partial charge in [-0.15, -0.1) is 0 Å². The lowest BCUT2D eigenvalue weighted by Gasteiger charge is -2.26. The van der Waals surface area contributed by atoms with E-state index in [0.717, 1.165) is 11.3 Å². The number of rotatable bonds is 7. The van der Waals surface area contributed by atoms with Crippen molar-refractivity contribution in [2.75, 3.05) is 27.7 Å². The Hall–Kier alpha value is -3.19. The van der Waals surface area contributed by atoms with Gasteiger partial charge in [0, 0.05) is 17.5 Å². The number of carbonyl (C=O) groups is 1. The van der Waals surface area contributed by atoms with Crippen molar-refractivity contribution >= 4 is 16.7 Å². The lowest BCUT2D eigenvalue weighted by atomic mass is 10.0. The quantitative estimate of drug-likeness (QED) is 0.650. The molecule has 1 amide bonds. The molecule has 1 aromatic heterocycles. The number of ether oxygens (including phenoxy) is 1. The van der Waals surface area contributed by atoms with E-state index in [1.165, 1.54) is 4.68 Å². The first-order valence-corrected chi connectivity index (χ1v) is 9.94. The number of likely N-dealkylation sites (N-methyl/N-ethyl adjacent to an activating group) is 1. The summed E-state index contributed by atoms with van der Waals surface area (Å²) in [7, 11) is 5.54. The Kier molecular flexibility index (Phi) is 6.52. The first-order chi connectivity index (χ1) is 14.3. The molecule has 0 radical (unpaired) electrons. The van der Waals surface area contributed by atoms with Crippen LogP contribution in [0.15, 0.2) is 53.3 Å². The van der Waals surface area contributed by atoms with Gasteiger partial charge in [0.2, 0.25) is 0 Å². The van der Waals surface area contributed by atoms with E-state index >= 15 is 0 Å². The fourth-order valence-electron chi connectivity index (χ4n) is 3.51. The molecule has 0 spiro atoms. The molecule has 0 saturated heterocycles. The van der Waals surface area contributed by atoms with Gasteiger partial charge in [-0.3, -0.25) is 9.59 Å². The number of carbonyl (C=O) groups excluding carboxylic acids is 1. The van der Waals surface area contributed by atoms with E-state index in [4.69, 9.17) is 4.74 Å². The Morgan fingerprint density at radius 3 is 2.37 bits per heavy atom. The Balaban J connectivity index is 1.95. The van der Waals surface area contributed by atoms with Gasteiger partial charge in [-0.1, -0.05) is 36.4 Å². The monoisotopic (exact) mass is 408 g/mol. The number of fused-ring (bicyclic) bond motifs is 1. The summed E-state index contributed by atoms with van der Waals surface area (Å²) in [6.07, 6.45) is 0. The lowest BCUT2D eigenvalue weighted by molar-refractivity contribution is 0.0935. The van der Waals surface area contributed by atoms with E-state index < -0.39 is 0 Å². The van der Waals surface area contributed by atoms with E-state index in [2.05, 4.69) is 10.4 Å². The van der Waals surface area contributed by atoms with Crippen molar-refractivity contribution in [1.29, 1.82) is 0 Å². The van der Waals surface area contributed by atoms with E-state index in [9.17, 15) is 9.59 Å². The summed E-state index contributed by atoms with van der Waals surface area (Å²) in [5.41, 5.74) is 1.03. The van der Waals surface area contributed by atoms with Gasteiger partial charge in [0.05, 0.1) is 24.6 Å². The molecule has 1 atom stereocenters. The maximum atomic E-state index is 13.1. The van der Waals surface area contributed by atoms with Crippen LogP contribution in [0.25, 0.3) is 10.8 Å². The van der Waals surface area contributed by atoms with Gasteiger partial charge in [0.25, 0.3) is 11.5 Å². The molecule has 1 unspecified atom stereocenters. The second-order valence-corrected chi connectivity index (χ2v) is 7.67. The third-order valence-electron chi connectivity index (χ3n) is 5.11. The molecule has 158 valence electrons. The van der Waals surface area contributed by atoms with Crippen LogP contribution >= 0.6 is 0 Å². The fourth-order valence-corrected chi connectivity index (χ4v) is 3.51. The number of nitrogens with zero attached hydrogens (tertiary/aromatic N) is 3. The first-order valence-electron chi connectivity index (χ1n) is 9.94. The van der Waals surface area contributed by atoms with Crippen LogP contribution in [0.1, 0.15) is 42.0 Å². The van der Waals surface area contributed by atoms with Crippen molar-refractivity contribution in [2.24, 2.45) is 0 Å². The predicted molar refractivity (Wildman–Crippen MR) is 118 cm³/mol. The van der Waals surface area contributed by atoms with Crippen LogP contribution in [-0.4, -0.2) is 48.3 Å². The molecule has 1 heterocycles. The third-order valence-corrected chi connectivity index (χ3v) is 5.11. The maximum absolute atomic E-state index is 13.1. The van der Waals surface area contributed by atoms with Crippen LogP contribution < -0.4 is 15.6 Å². The molecular formula is C23H28N4O3. The van der Waals surface area contributed by atoms with Crippen LogP contribution in [0.3, 0.4) is 0 Å². The second-order valence-electron chi connectivity index (χ2n) is 7.67. The normalized spacial score (nSPS) is 12.4. The summed E-state index contributed by atoms with van der Waals surface area (Å²) in [6.45, 7) is 4.10. The minimum Gasteiger partial charge on any atom is -0.496 e. The summed E-state index contributed by atoms with van der Waals surface area (Å²) in [6, 6.07) is 14.6. The van der Waals surface area contributed by atoms with Gasteiger partial charge < -0.3 is 15.0 Å². The maximum Gasteiger partial charge on any atom is 0.274 e. The minimum atomic E-state index is -0.317. The largest absolute Gasteiger partial charge is 0.496 e. The fraction of sp³-hybridized carbons (Fsp3) is 0.348. The zero-order chi connectivity index (χ0) is 21.8. The lowest BCUT2D eigenvalue weighted by Crippen LogP contribution is -2.36. The molecule has 0 aliphatic carbocycles. The van der Waals surface area contributed by atoms with Crippen molar-refractivity contribution in [3.8, 4) is 5.75 Å². The molecule has 0 aliphatic rings. The van der Waals surface area contributed by atoms with Crippen molar-refractivity contribution in [1.82, 2.24) is 20.0 Å². The highest BCUT2D eigenvalue weighted by molar-refractivity contribution is 6.04. The van der Waals surface area contributed by atoms with E-state index in [1.807, 2.05) is 57.1 Å². The van der Waals surface area contributed by atoms with E-state index in [1.54, 1.807) is 31.4 Å². The average molecular weight is 409 g/mol. The highest BCUT2D eigenvalue weighted by atomic mass is 16.5. The van der Waals surface area contributed by atoms with Crippen molar-refractivity contribution in [2.45, 2.75) is 25.9 Å². The number of methoxy groups -OCH3 is 1. The molecule has 3 aromatic rings. The molecule has 0 aliphatic heterocycles. The zero-order valence-corrected chi connectivity index (χ0v) is 18.0. The third kappa shape index (κ3) is 4.21. The van der Waals surface area contributed by atoms with Gasteiger partial charge in [-0.05, 0) is 40.1 Å². The number of amides is 1. The number of aromatic nitrogens is 2. The molecule has 0 bridgehead atoms. The molecule has 0 fully saturated rings. The van der Waals surface area contributed by atoms with Gasteiger partial charge in [-0.25, -0.2) is 4.68 Å². The Morgan fingerprint density at radius 1 is 1.10 bits per heavy atom. The smallest absolute Gasteiger partial charge is 0.274 e. The summed E-state index contributed by atoms with van der Waals surface area (Å²) in [5, 5.41) is 8.41. The molecule has 30 heavy (non-hydrogen) atoms. The average Bonchev–Trinajstić information content (AvgIpc) is 2.74. The topological polar surface area (TPSA) is 76.5 Å². The highest BCUT2D eigenvalue weighted by Gasteiger charge is 2.22. The van der Waals surface area contributed by atoms with Gasteiger partial charge in [0.1, 0.15) is 5.75 Å². The van der Waals surface area contributed by atoms with Gasteiger partial charge in [0.15, 0.2) is 5.69 Å². The number of hydrogen-bond acceptors (Lipinski definition) is 5. The second kappa shape index (κ2) is 9.09. The molecule has 7 nitrogen and oxygen atoms in total. The number of hydrogen-bond donors (Lipinski definition) is 1. The van der Waals surface area contributed by atoms with E-state index in [0.29, 0.717) is 17.3 Å². The molecular weight excluding hydrogens is 380 g/mol. The first kappa shape index (κ1) is 21.5. The molecule has 1 N–H and O–H groups in total. The van der Waals surface area contributed by atoms with Crippen LogP contribution in [0.4, 0.5) is 0 Å². The molecule has 2 aromatic carbocycles. The van der Waals surface area contributed by atoms with Crippen LogP contribution in [-0.2, 0) is 0 Å². The van der Waals surface area contributed by atoms with Crippen molar-refractivity contribution in [3.63, 3.8) is 0 Å². The van der Waals surface area contributed by atoms with Gasteiger partial charge >= 0.3 is 0 Å². The SMILES string of the molecule is COc1ccccc1C(CNC(=O)c1nn(C(C)C)c(=O)c2ccccc12)N(C)C. The highest BCUT2D eigenvalue weighted by Crippen LogP contribution is 2.27. The van der Waals surface area contributed by atoms with Crippen molar-refractivity contribution in [3.05, 3.63) is 70.1 Å². The standard InChI is InChI=1S/C23H28N4O3/c1-15(2)27-23(29)17-11-7-6-10-16(17)21(25-27)22(28)24-14-19(26(3)4)18-12-8-9-13-20(18)30-5/h6-13,15,19H,14H2,1-5H3,(H,24,28). The predicted octanol–water partition coefficient (Wildman–Crippen LogP) is 3.02. The van der Waals surface area contributed by atoms with Crippen LogP contribution in [0, 0.1) is 0 Å². The Labute approximate surface area is 176 Å². The summed E-state index contributed by atoms with van der Waals surface area (Å²) in [5.74, 6) is 0.449. The molecule has 3 rings (SSSR count). The number of para-hydroxylation sites is 1. The number of benzene rings is 2. The van der Waals surface area contributed by atoms with Gasteiger partial charge in [-0.2, -0.15) is 5.10 Å². The Morgan fingerprint density at radius 2 is 1.73 bits per heavy atom. The van der Waals surface area contributed by atoms with Crippen molar-refractivity contribution < 1.29 is 9.53 Å². The van der Waals surface area contributed by atoms with Crippen LogP contribution in [0.2, 0.25) is 0 Å². The minimum absolute atomic E-state index is 0.0904. The van der Waals surface area contributed by atoms with Crippen LogP contribution in [0.5, 0.6) is 5.75 Å². The summed E-state index contributed by atoms with van der Waals surface area (Å²) >= 11 is 0. The Bertz CT molecular complexity index is 1110.